The number of hydrogen-bond acceptors (Lipinski definition) is 2. The van der Waals surface area contributed by atoms with Crippen molar-refractivity contribution >= 4 is 16.8 Å². The van der Waals surface area contributed by atoms with Crippen LogP contribution in [-0.2, 0) is 11.2 Å². The number of hydrogen-bond donors (Lipinski definition) is 0. The number of fused-ring (bicyclic) bond motifs is 1. The summed E-state index contributed by atoms with van der Waals surface area (Å²) in [4.78, 5) is 16.2. The zero-order chi connectivity index (χ0) is 12.5. The van der Waals surface area contributed by atoms with Crippen molar-refractivity contribution in [2.45, 2.75) is 45.1 Å². The summed E-state index contributed by atoms with van der Waals surface area (Å²) in [6, 6.07) is 8.57. The molecule has 1 aromatic heterocycles. The molecule has 1 aliphatic carbocycles. The highest BCUT2D eigenvalue weighted by Gasteiger charge is 2.26. The van der Waals surface area contributed by atoms with Crippen LogP contribution in [-0.4, -0.2) is 15.3 Å². The van der Waals surface area contributed by atoms with E-state index in [2.05, 4.69) is 23.6 Å². The Morgan fingerprint density at radius 3 is 2.94 bits per heavy atom. The Morgan fingerprint density at radius 2 is 2.22 bits per heavy atom. The fourth-order valence-electron chi connectivity index (χ4n) is 2.92. The number of rotatable bonds is 3. The molecule has 1 aromatic carbocycles. The highest BCUT2D eigenvalue weighted by Crippen LogP contribution is 2.32. The van der Waals surface area contributed by atoms with E-state index in [1.165, 1.54) is 5.52 Å². The number of carbonyl (C=O) groups is 1. The number of aryl methyl sites for hydroxylation is 1. The molecule has 1 aliphatic rings. The molecule has 1 fully saturated rings. The first-order chi connectivity index (χ1) is 8.79. The summed E-state index contributed by atoms with van der Waals surface area (Å²) in [5.41, 5.74) is 2.24. The predicted molar refractivity (Wildman–Crippen MR) is 71.6 cm³/mol. The second-order valence-electron chi connectivity index (χ2n) is 5.07. The van der Waals surface area contributed by atoms with Crippen molar-refractivity contribution in [3.63, 3.8) is 0 Å². The molecule has 3 heteroatoms. The van der Waals surface area contributed by atoms with E-state index in [0.717, 1.165) is 37.0 Å². The third-order valence-corrected chi connectivity index (χ3v) is 3.73. The van der Waals surface area contributed by atoms with Crippen molar-refractivity contribution in [2.24, 2.45) is 0 Å². The van der Waals surface area contributed by atoms with E-state index in [0.29, 0.717) is 18.2 Å². The highest BCUT2D eigenvalue weighted by atomic mass is 16.1. The Morgan fingerprint density at radius 1 is 1.39 bits per heavy atom. The van der Waals surface area contributed by atoms with Crippen LogP contribution in [0.2, 0.25) is 0 Å². The van der Waals surface area contributed by atoms with Gasteiger partial charge in [-0.25, -0.2) is 4.98 Å². The van der Waals surface area contributed by atoms with E-state index >= 15 is 0 Å². The third-order valence-electron chi connectivity index (χ3n) is 3.73. The number of nitrogens with zero attached hydrogens (tertiary/aromatic N) is 2. The SMILES string of the molecule is CCCc1nc2ccccc2n1C1CCC(=O)C1. The molecule has 2 aromatic rings. The molecule has 0 bridgehead atoms. The first-order valence-corrected chi connectivity index (χ1v) is 6.77. The van der Waals surface area contributed by atoms with Gasteiger partial charge in [0.2, 0.25) is 0 Å². The monoisotopic (exact) mass is 242 g/mol. The molecule has 0 spiro atoms. The van der Waals surface area contributed by atoms with Crippen molar-refractivity contribution in [3.05, 3.63) is 30.1 Å². The average molecular weight is 242 g/mol. The molecule has 0 amide bonds. The van der Waals surface area contributed by atoms with E-state index < -0.39 is 0 Å². The van der Waals surface area contributed by atoms with Crippen LogP contribution in [0.5, 0.6) is 0 Å². The van der Waals surface area contributed by atoms with Gasteiger partial charge in [-0.05, 0) is 25.0 Å². The number of Topliss-reactive ketones (excluding diaryl/α,β-unsaturated/α-hetero) is 1. The van der Waals surface area contributed by atoms with Gasteiger partial charge in [-0.3, -0.25) is 4.79 Å². The summed E-state index contributed by atoms with van der Waals surface area (Å²) >= 11 is 0. The molecule has 1 saturated carbocycles. The minimum absolute atomic E-state index is 0.325. The molecule has 0 radical (unpaired) electrons. The van der Waals surface area contributed by atoms with Crippen LogP contribution in [0.15, 0.2) is 24.3 Å². The summed E-state index contributed by atoms with van der Waals surface area (Å²) in [6.07, 6.45) is 4.44. The molecular formula is C15H18N2O. The Kier molecular flexibility index (Phi) is 2.90. The van der Waals surface area contributed by atoms with Crippen LogP contribution in [0.25, 0.3) is 11.0 Å². The fraction of sp³-hybridized carbons (Fsp3) is 0.467. The summed E-state index contributed by atoms with van der Waals surface area (Å²) in [5.74, 6) is 1.53. The van der Waals surface area contributed by atoms with E-state index in [1.54, 1.807) is 0 Å². The van der Waals surface area contributed by atoms with E-state index in [9.17, 15) is 4.79 Å². The molecule has 1 atom stereocenters. The third kappa shape index (κ3) is 1.84. The van der Waals surface area contributed by atoms with Crippen LogP contribution < -0.4 is 0 Å². The molecule has 3 nitrogen and oxygen atoms in total. The molecule has 18 heavy (non-hydrogen) atoms. The van der Waals surface area contributed by atoms with Crippen molar-refractivity contribution in [1.82, 2.24) is 9.55 Å². The summed E-state index contributed by atoms with van der Waals surface area (Å²) in [7, 11) is 0. The van der Waals surface area contributed by atoms with Gasteiger partial charge in [-0.15, -0.1) is 0 Å². The number of aromatic nitrogens is 2. The van der Waals surface area contributed by atoms with Gasteiger partial charge >= 0.3 is 0 Å². The maximum absolute atomic E-state index is 11.5. The lowest BCUT2D eigenvalue weighted by molar-refractivity contribution is -0.117. The molecule has 1 heterocycles. The van der Waals surface area contributed by atoms with Gasteiger partial charge in [0.05, 0.1) is 11.0 Å². The minimum Gasteiger partial charge on any atom is -0.324 e. The number of para-hydroxylation sites is 2. The van der Waals surface area contributed by atoms with Crippen molar-refractivity contribution in [3.8, 4) is 0 Å². The van der Waals surface area contributed by atoms with Gasteiger partial charge in [0.25, 0.3) is 0 Å². The van der Waals surface area contributed by atoms with Crippen molar-refractivity contribution < 1.29 is 4.79 Å². The normalized spacial score (nSPS) is 19.8. The molecule has 1 unspecified atom stereocenters. The van der Waals surface area contributed by atoms with E-state index in [-0.39, 0.29) is 0 Å². The van der Waals surface area contributed by atoms with Crippen LogP contribution in [0.4, 0.5) is 0 Å². The molecule has 0 saturated heterocycles. The lowest BCUT2D eigenvalue weighted by Crippen LogP contribution is -2.09. The van der Waals surface area contributed by atoms with Gasteiger partial charge in [-0.1, -0.05) is 19.1 Å². The van der Waals surface area contributed by atoms with Crippen LogP contribution in [0.3, 0.4) is 0 Å². The van der Waals surface area contributed by atoms with Gasteiger partial charge in [0.1, 0.15) is 11.6 Å². The summed E-state index contributed by atoms with van der Waals surface area (Å²) in [6.45, 7) is 2.17. The van der Waals surface area contributed by atoms with Gasteiger partial charge < -0.3 is 4.57 Å². The second kappa shape index (κ2) is 4.56. The quantitative estimate of drug-likeness (QED) is 0.827. The fourth-order valence-corrected chi connectivity index (χ4v) is 2.92. The number of benzene rings is 1. The van der Waals surface area contributed by atoms with Crippen LogP contribution >= 0.6 is 0 Å². The van der Waals surface area contributed by atoms with E-state index in [1.807, 2.05) is 12.1 Å². The summed E-state index contributed by atoms with van der Waals surface area (Å²) in [5, 5.41) is 0. The maximum atomic E-state index is 11.5. The number of carbonyl (C=O) groups excluding carboxylic acids is 1. The Labute approximate surface area is 107 Å². The van der Waals surface area contributed by atoms with Gasteiger partial charge in [0, 0.05) is 25.3 Å². The highest BCUT2D eigenvalue weighted by molar-refractivity contribution is 5.82. The zero-order valence-electron chi connectivity index (χ0n) is 10.7. The Bertz CT molecular complexity index is 585. The average Bonchev–Trinajstić information content (AvgIpc) is 2.92. The van der Waals surface area contributed by atoms with Gasteiger partial charge in [0.15, 0.2) is 0 Å². The van der Waals surface area contributed by atoms with Gasteiger partial charge in [-0.2, -0.15) is 0 Å². The minimum atomic E-state index is 0.325. The van der Waals surface area contributed by atoms with Crippen LogP contribution in [0, 0.1) is 0 Å². The second-order valence-corrected chi connectivity index (χ2v) is 5.07. The molecule has 0 N–H and O–H groups in total. The molecular weight excluding hydrogens is 224 g/mol. The number of imidazole rings is 1. The number of ketones is 1. The predicted octanol–water partition coefficient (Wildman–Crippen LogP) is 3.28. The Balaban J connectivity index is 2.11. The molecule has 94 valence electrons. The largest absolute Gasteiger partial charge is 0.324 e. The van der Waals surface area contributed by atoms with Crippen molar-refractivity contribution in [1.29, 1.82) is 0 Å². The molecule has 3 rings (SSSR count). The van der Waals surface area contributed by atoms with Crippen LogP contribution in [0.1, 0.15) is 44.5 Å². The first-order valence-electron chi connectivity index (χ1n) is 6.77. The zero-order valence-corrected chi connectivity index (χ0v) is 10.7. The van der Waals surface area contributed by atoms with Crippen molar-refractivity contribution in [2.75, 3.05) is 0 Å². The topological polar surface area (TPSA) is 34.9 Å². The lowest BCUT2D eigenvalue weighted by atomic mass is 10.2. The summed E-state index contributed by atoms with van der Waals surface area (Å²) < 4.78 is 2.31. The molecule has 0 aliphatic heterocycles. The van der Waals surface area contributed by atoms with E-state index in [4.69, 9.17) is 4.98 Å². The smallest absolute Gasteiger partial charge is 0.135 e. The maximum Gasteiger partial charge on any atom is 0.135 e. The lowest BCUT2D eigenvalue weighted by Gasteiger charge is -2.15. The Hall–Kier alpha value is -1.64. The standard InChI is InChI=1S/C15H18N2O/c1-2-5-15-16-13-6-3-4-7-14(13)17(15)11-8-9-12(18)10-11/h3-4,6-7,11H,2,5,8-10H2,1H3. The first kappa shape index (κ1) is 11.5.